The highest BCUT2D eigenvalue weighted by atomic mass is 16.1. The molecule has 0 spiro atoms. The summed E-state index contributed by atoms with van der Waals surface area (Å²) in [4.78, 5) is 10.2. The summed E-state index contributed by atoms with van der Waals surface area (Å²) in [6.45, 7) is 3.17. The summed E-state index contributed by atoms with van der Waals surface area (Å²) < 4.78 is 0. The second kappa shape index (κ2) is 2.39. The van der Waals surface area contributed by atoms with Crippen molar-refractivity contribution >= 4 is 5.78 Å². The van der Waals surface area contributed by atoms with Crippen molar-refractivity contribution in [1.29, 1.82) is 0 Å². The largest absolute Gasteiger partial charge is 0.404 e. The number of allylic oxidation sites excluding steroid dienone is 1. The Morgan fingerprint density at radius 2 is 2.00 bits per heavy atom. The van der Waals surface area contributed by atoms with E-state index in [1.54, 1.807) is 6.92 Å². The van der Waals surface area contributed by atoms with E-state index in [0.29, 0.717) is 5.57 Å². The zero-order valence-corrected chi connectivity index (χ0v) is 4.56. The number of rotatable bonds is 1. The van der Waals surface area contributed by atoms with Crippen LogP contribution in [0.1, 0.15) is 13.8 Å². The highest BCUT2D eigenvalue weighted by Gasteiger charge is 1.89. The monoisotopic (exact) mass is 99.1 g/mol. The molecule has 2 nitrogen and oxygen atoms in total. The van der Waals surface area contributed by atoms with Crippen molar-refractivity contribution in [2.75, 3.05) is 0 Å². The molecule has 0 saturated carbocycles. The average Bonchev–Trinajstić information content (AvgIpc) is 1.65. The van der Waals surface area contributed by atoms with E-state index in [4.69, 9.17) is 5.73 Å². The fraction of sp³-hybridized carbons (Fsp3) is 0.400. The molecule has 0 radical (unpaired) electrons. The first-order chi connectivity index (χ1) is 3.18. The smallest absolute Gasteiger partial charge is 0.156 e. The van der Waals surface area contributed by atoms with Crippen LogP contribution in [0.2, 0.25) is 0 Å². The maximum atomic E-state index is 10.2. The number of Topliss-reactive ketones (excluding diaryl/α,β-unsaturated/α-hetero) is 1. The van der Waals surface area contributed by atoms with Gasteiger partial charge in [-0.15, -0.1) is 0 Å². The van der Waals surface area contributed by atoms with Crippen molar-refractivity contribution < 1.29 is 4.79 Å². The van der Waals surface area contributed by atoms with Crippen LogP contribution >= 0.6 is 0 Å². The molecule has 0 rings (SSSR count). The lowest BCUT2D eigenvalue weighted by Crippen LogP contribution is -1.94. The minimum Gasteiger partial charge on any atom is -0.404 e. The fourth-order valence-corrected chi connectivity index (χ4v) is 0.117. The standard InChI is InChI=1S/C5H9NO/c1-4(3-6)5(2)7/h3H,6H2,1-2H3/b4-3-. The Morgan fingerprint density at radius 3 is 2.00 bits per heavy atom. The van der Waals surface area contributed by atoms with Gasteiger partial charge in [-0.25, -0.2) is 0 Å². The normalized spacial score (nSPS) is 11.4. The van der Waals surface area contributed by atoms with Crippen molar-refractivity contribution in [3.8, 4) is 0 Å². The van der Waals surface area contributed by atoms with E-state index in [2.05, 4.69) is 0 Å². The highest BCUT2D eigenvalue weighted by molar-refractivity contribution is 5.92. The predicted molar refractivity (Wildman–Crippen MR) is 28.6 cm³/mol. The van der Waals surface area contributed by atoms with E-state index in [-0.39, 0.29) is 5.78 Å². The van der Waals surface area contributed by atoms with Crippen molar-refractivity contribution in [2.45, 2.75) is 13.8 Å². The summed E-state index contributed by atoms with van der Waals surface area (Å²) in [7, 11) is 0. The van der Waals surface area contributed by atoms with E-state index in [9.17, 15) is 4.79 Å². The van der Waals surface area contributed by atoms with Crippen molar-refractivity contribution in [1.82, 2.24) is 0 Å². The molecule has 0 heterocycles. The number of carbonyl (C=O) groups excluding carboxylic acids is 1. The summed E-state index contributed by atoms with van der Waals surface area (Å²) in [5.41, 5.74) is 5.60. The first-order valence-electron chi connectivity index (χ1n) is 2.08. The van der Waals surface area contributed by atoms with Gasteiger partial charge in [0.05, 0.1) is 0 Å². The lowest BCUT2D eigenvalue weighted by Gasteiger charge is -1.85. The summed E-state index contributed by atoms with van der Waals surface area (Å²) >= 11 is 0. The quantitative estimate of drug-likeness (QED) is 0.484. The first kappa shape index (κ1) is 6.21. The zero-order chi connectivity index (χ0) is 5.86. The molecule has 0 aromatic rings. The van der Waals surface area contributed by atoms with Crippen molar-refractivity contribution in [3.05, 3.63) is 11.8 Å². The lowest BCUT2D eigenvalue weighted by molar-refractivity contribution is -0.113. The molecule has 0 aliphatic heterocycles. The minimum absolute atomic E-state index is 0.0301. The molecule has 2 N–H and O–H groups in total. The van der Waals surface area contributed by atoms with Gasteiger partial charge >= 0.3 is 0 Å². The molecule has 0 aromatic heterocycles. The van der Waals surface area contributed by atoms with Gasteiger partial charge in [0.25, 0.3) is 0 Å². The molecular formula is C5H9NO. The van der Waals surface area contributed by atoms with Gasteiger partial charge < -0.3 is 5.73 Å². The van der Waals surface area contributed by atoms with Crippen LogP contribution in [-0.2, 0) is 4.79 Å². The van der Waals surface area contributed by atoms with Gasteiger partial charge in [-0.3, -0.25) is 4.79 Å². The van der Waals surface area contributed by atoms with E-state index < -0.39 is 0 Å². The summed E-state index contributed by atoms with van der Waals surface area (Å²) in [6, 6.07) is 0. The number of hydrogen-bond acceptors (Lipinski definition) is 2. The zero-order valence-electron chi connectivity index (χ0n) is 4.56. The molecule has 0 amide bonds. The maximum absolute atomic E-state index is 10.2. The summed E-state index contributed by atoms with van der Waals surface area (Å²) in [5.74, 6) is 0.0301. The molecule has 0 bridgehead atoms. The molecule has 7 heavy (non-hydrogen) atoms. The molecule has 40 valence electrons. The molecular weight excluding hydrogens is 90.1 g/mol. The number of ketones is 1. The molecule has 0 fully saturated rings. The van der Waals surface area contributed by atoms with Crippen molar-refractivity contribution in [3.63, 3.8) is 0 Å². The van der Waals surface area contributed by atoms with E-state index in [1.165, 1.54) is 13.1 Å². The Morgan fingerprint density at radius 1 is 1.57 bits per heavy atom. The molecule has 2 heteroatoms. The Bertz CT molecular complexity index is 105. The average molecular weight is 99.1 g/mol. The van der Waals surface area contributed by atoms with Crippen LogP contribution in [0.25, 0.3) is 0 Å². The van der Waals surface area contributed by atoms with E-state index >= 15 is 0 Å². The van der Waals surface area contributed by atoms with Crippen LogP contribution in [0, 0.1) is 0 Å². The van der Waals surface area contributed by atoms with Crippen LogP contribution in [0.3, 0.4) is 0 Å². The maximum Gasteiger partial charge on any atom is 0.156 e. The highest BCUT2D eigenvalue weighted by Crippen LogP contribution is 1.87. The third-order valence-corrected chi connectivity index (χ3v) is 0.805. The van der Waals surface area contributed by atoms with Gasteiger partial charge in [0.1, 0.15) is 0 Å². The lowest BCUT2D eigenvalue weighted by atomic mass is 10.2. The number of hydrogen-bond donors (Lipinski definition) is 1. The third-order valence-electron chi connectivity index (χ3n) is 0.805. The summed E-state index contributed by atoms with van der Waals surface area (Å²) in [6.07, 6.45) is 1.31. The Labute approximate surface area is 43.0 Å². The Hall–Kier alpha value is -0.790. The van der Waals surface area contributed by atoms with E-state index in [1.807, 2.05) is 0 Å². The molecule has 0 saturated heterocycles. The Balaban J connectivity index is 3.82. The Kier molecular flexibility index (Phi) is 2.12. The molecule has 0 aliphatic carbocycles. The topological polar surface area (TPSA) is 43.1 Å². The van der Waals surface area contributed by atoms with Gasteiger partial charge in [-0.1, -0.05) is 0 Å². The van der Waals surface area contributed by atoms with Gasteiger partial charge in [-0.2, -0.15) is 0 Å². The van der Waals surface area contributed by atoms with Gasteiger partial charge in [0.15, 0.2) is 5.78 Å². The summed E-state index contributed by atoms with van der Waals surface area (Å²) in [5, 5.41) is 0. The van der Waals surface area contributed by atoms with Crippen LogP contribution < -0.4 is 5.73 Å². The minimum atomic E-state index is 0.0301. The predicted octanol–water partition coefficient (Wildman–Crippen LogP) is 0.438. The number of nitrogens with two attached hydrogens (primary N) is 1. The van der Waals surface area contributed by atoms with E-state index in [0.717, 1.165) is 0 Å². The molecule has 0 unspecified atom stereocenters. The molecule has 0 aliphatic rings. The third kappa shape index (κ3) is 1.98. The van der Waals surface area contributed by atoms with Crippen LogP contribution in [0.5, 0.6) is 0 Å². The first-order valence-corrected chi connectivity index (χ1v) is 2.08. The second-order valence-corrected chi connectivity index (χ2v) is 1.41. The van der Waals surface area contributed by atoms with Crippen LogP contribution in [0.4, 0.5) is 0 Å². The van der Waals surface area contributed by atoms with Gasteiger partial charge in [-0.05, 0) is 13.8 Å². The van der Waals surface area contributed by atoms with Gasteiger partial charge in [0.2, 0.25) is 0 Å². The van der Waals surface area contributed by atoms with Crippen LogP contribution in [0.15, 0.2) is 11.8 Å². The van der Waals surface area contributed by atoms with Crippen molar-refractivity contribution in [2.24, 2.45) is 5.73 Å². The number of carbonyl (C=O) groups is 1. The second-order valence-electron chi connectivity index (χ2n) is 1.41. The fourth-order valence-electron chi connectivity index (χ4n) is 0.117. The molecule has 0 aromatic carbocycles. The molecule has 0 atom stereocenters. The SMILES string of the molecule is CC(=O)/C(C)=C\N. The van der Waals surface area contributed by atoms with Crippen LogP contribution in [-0.4, -0.2) is 5.78 Å². The van der Waals surface area contributed by atoms with Gasteiger partial charge in [0, 0.05) is 11.8 Å².